The Bertz CT molecular complexity index is 566. The van der Waals surface area contributed by atoms with Crippen LogP contribution in [0, 0.1) is 5.92 Å². The Labute approximate surface area is 142 Å². The average molecular weight is 334 g/mol. The molecule has 2 aliphatic rings. The number of carbonyl (C=O) groups excluding carboxylic acids is 1. The predicted molar refractivity (Wildman–Crippen MR) is 92.0 cm³/mol. The summed E-state index contributed by atoms with van der Waals surface area (Å²) in [5.74, 6) is 2.21. The van der Waals surface area contributed by atoms with Gasteiger partial charge in [0.1, 0.15) is 0 Å². The minimum Gasteiger partial charge on any atom is -0.493 e. The molecule has 1 aliphatic heterocycles. The van der Waals surface area contributed by atoms with E-state index in [1.807, 2.05) is 0 Å². The van der Waals surface area contributed by atoms with Crippen molar-refractivity contribution in [2.45, 2.75) is 44.2 Å². The van der Waals surface area contributed by atoms with Crippen molar-refractivity contribution in [2.75, 3.05) is 26.6 Å². The molecular formula is C18H26N2O4. The number of ether oxygens (including phenoxy) is 3. The lowest BCUT2D eigenvalue weighted by Crippen LogP contribution is -2.39. The molecule has 1 aromatic carbocycles. The first kappa shape index (κ1) is 16.9. The third-order valence-corrected chi connectivity index (χ3v) is 5.11. The summed E-state index contributed by atoms with van der Waals surface area (Å²) < 4.78 is 16.0. The number of nitrogens with one attached hydrogen (secondary N) is 2. The highest BCUT2D eigenvalue weighted by Gasteiger charge is 2.38. The maximum atomic E-state index is 12.6. The lowest BCUT2D eigenvalue weighted by molar-refractivity contribution is -0.117. The third kappa shape index (κ3) is 3.29. The average Bonchev–Trinajstić information content (AvgIpc) is 3.05. The first-order valence-electron chi connectivity index (χ1n) is 8.53. The summed E-state index contributed by atoms with van der Waals surface area (Å²) in [7, 11) is 4.68. The van der Waals surface area contributed by atoms with Gasteiger partial charge < -0.3 is 24.8 Å². The number of hydrogen-bond donors (Lipinski definition) is 2. The summed E-state index contributed by atoms with van der Waals surface area (Å²) in [4.78, 5) is 12.6. The normalized spacial score (nSPS) is 25.7. The van der Waals surface area contributed by atoms with E-state index in [1.54, 1.807) is 33.5 Å². The summed E-state index contributed by atoms with van der Waals surface area (Å²) in [6.07, 6.45) is 5.87. The number of benzene rings is 1. The zero-order chi connectivity index (χ0) is 17.1. The fraction of sp³-hybridized carbons (Fsp3) is 0.611. The van der Waals surface area contributed by atoms with Gasteiger partial charge in [-0.2, -0.15) is 0 Å². The van der Waals surface area contributed by atoms with Crippen molar-refractivity contribution >= 4 is 11.6 Å². The van der Waals surface area contributed by atoms with Crippen molar-refractivity contribution in [1.29, 1.82) is 0 Å². The first-order chi connectivity index (χ1) is 11.7. The molecule has 2 fully saturated rings. The van der Waals surface area contributed by atoms with Gasteiger partial charge in [-0.15, -0.1) is 0 Å². The smallest absolute Gasteiger partial charge is 0.241 e. The maximum absolute atomic E-state index is 12.6. The lowest BCUT2D eigenvalue weighted by atomic mass is 9.85. The largest absolute Gasteiger partial charge is 0.493 e. The maximum Gasteiger partial charge on any atom is 0.241 e. The van der Waals surface area contributed by atoms with Crippen LogP contribution in [0.15, 0.2) is 12.1 Å². The van der Waals surface area contributed by atoms with Crippen molar-refractivity contribution in [3.05, 3.63) is 12.1 Å². The monoisotopic (exact) mass is 334 g/mol. The van der Waals surface area contributed by atoms with Crippen LogP contribution >= 0.6 is 0 Å². The van der Waals surface area contributed by atoms with Gasteiger partial charge in [-0.1, -0.05) is 12.8 Å². The Morgan fingerprint density at radius 3 is 2.33 bits per heavy atom. The Kier molecular flexibility index (Phi) is 5.14. The minimum atomic E-state index is -0.128. The summed E-state index contributed by atoms with van der Waals surface area (Å²) >= 11 is 0. The molecule has 0 radical (unpaired) electrons. The lowest BCUT2D eigenvalue weighted by Gasteiger charge is -2.24. The van der Waals surface area contributed by atoms with Crippen LogP contribution in [0.1, 0.15) is 32.1 Å². The van der Waals surface area contributed by atoms with E-state index < -0.39 is 0 Å². The Hall–Kier alpha value is -1.95. The molecule has 24 heavy (non-hydrogen) atoms. The Morgan fingerprint density at radius 1 is 1.08 bits per heavy atom. The van der Waals surface area contributed by atoms with Gasteiger partial charge in [0.2, 0.25) is 11.7 Å². The molecule has 3 rings (SSSR count). The van der Waals surface area contributed by atoms with Crippen LogP contribution in [-0.2, 0) is 4.79 Å². The molecule has 132 valence electrons. The molecule has 1 amide bonds. The Balaban J connectivity index is 1.72. The van der Waals surface area contributed by atoms with Crippen LogP contribution in [0.5, 0.6) is 17.2 Å². The van der Waals surface area contributed by atoms with Crippen LogP contribution in [0.4, 0.5) is 5.69 Å². The number of methoxy groups -OCH3 is 3. The van der Waals surface area contributed by atoms with Crippen molar-refractivity contribution < 1.29 is 19.0 Å². The standard InChI is InChI=1S/C18H26N2O4/c1-22-15-9-12(10-16(23-2)17(15)24-3)19-18(21)14-8-11-6-4-5-7-13(11)20-14/h9-11,13-14,20H,4-8H2,1-3H3,(H,19,21). The van der Waals surface area contributed by atoms with E-state index in [0.717, 1.165) is 6.42 Å². The first-order valence-corrected chi connectivity index (χ1v) is 8.53. The van der Waals surface area contributed by atoms with Crippen LogP contribution in [0.3, 0.4) is 0 Å². The number of amides is 1. The van der Waals surface area contributed by atoms with Gasteiger partial charge in [-0.25, -0.2) is 0 Å². The van der Waals surface area contributed by atoms with E-state index in [2.05, 4.69) is 10.6 Å². The van der Waals surface area contributed by atoms with Gasteiger partial charge in [-0.05, 0) is 25.2 Å². The molecule has 0 spiro atoms. The van der Waals surface area contributed by atoms with E-state index in [9.17, 15) is 4.79 Å². The number of carbonyl (C=O) groups is 1. The molecule has 1 heterocycles. The number of rotatable bonds is 5. The quantitative estimate of drug-likeness (QED) is 0.866. The number of hydrogen-bond acceptors (Lipinski definition) is 5. The zero-order valence-corrected chi connectivity index (χ0v) is 14.6. The SMILES string of the molecule is COc1cc(NC(=O)C2CC3CCCCC3N2)cc(OC)c1OC. The van der Waals surface area contributed by atoms with Crippen LogP contribution < -0.4 is 24.8 Å². The molecule has 2 N–H and O–H groups in total. The van der Waals surface area contributed by atoms with Crippen LogP contribution in [-0.4, -0.2) is 39.3 Å². The van der Waals surface area contributed by atoms with E-state index in [0.29, 0.717) is 34.9 Å². The fourth-order valence-corrected chi connectivity index (χ4v) is 3.90. The molecular weight excluding hydrogens is 308 g/mol. The summed E-state index contributed by atoms with van der Waals surface area (Å²) in [5, 5.41) is 6.47. The fourth-order valence-electron chi connectivity index (χ4n) is 3.90. The van der Waals surface area contributed by atoms with Gasteiger partial charge in [-0.3, -0.25) is 4.79 Å². The Morgan fingerprint density at radius 2 is 1.75 bits per heavy atom. The molecule has 1 aromatic rings. The minimum absolute atomic E-state index is 0.00123. The second kappa shape index (κ2) is 7.30. The van der Waals surface area contributed by atoms with Crippen molar-refractivity contribution in [2.24, 2.45) is 5.92 Å². The van der Waals surface area contributed by atoms with Gasteiger partial charge in [0.05, 0.1) is 27.4 Å². The van der Waals surface area contributed by atoms with E-state index in [4.69, 9.17) is 14.2 Å². The molecule has 6 heteroatoms. The highest BCUT2D eigenvalue weighted by atomic mass is 16.5. The molecule has 3 unspecified atom stereocenters. The van der Waals surface area contributed by atoms with Gasteiger partial charge in [0.25, 0.3) is 0 Å². The van der Waals surface area contributed by atoms with Crippen LogP contribution in [0.2, 0.25) is 0 Å². The predicted octanol–water partition coefficient (Wildman–Crippen LogP) is 2.57. The number of fused-ring (bicyclic) bond motifs is 1. The highest BCUT2D eigenvalue weighted by Crippen LogP contribution is 2.40. The molecule has 0 aromatic heterocycles. The molecule has 1 saturated carbocycles. The third-order valence-electron chi connectivity index (χ3n) is 5.11. The summed E-state index contributed by atoms with van der Waals surface area (Å²) in [6.45, 7) is 0. The zero-order valence-electron chi connectivity index (χ0n) is 14.6. The van der Waals surface area contributed by atoms with E-state index >= 15 is 0 Å². The second-order valence-corrected chi connectivity index (χ2v) is 6.51. The topological polar surface area (TPSA) is 68.8 Å². The summed E-state index contributed by atoms with van der Waals surface area (Å²) in [6, 6.07) is 3.87. The molecule has 0 bridgehead atoms. The van der Waals surface area contributed by atoms with Crippen molar-refractivity contribution in [1.82, 2.24) is 5.32 Å². The van der Waals surface area contributed by atoms with Crippen LogP contribution in [0.25, 0.3) is 0 Å². The highest BCUT2D eigenvalue weighted by molar-refractivity contribution is 5.95. The van der Waals surface area contributed by atoms with Crippen molar-refractivity contribution in [3.63, 3.8) is 0 Å². The molecule has 3 atom stereocenters. The summed E-state index contributed by atoms with van der Waals surface area (Å²) in [5.41, 5.74) is 0.645. The van der Waals surface area contributed by atoms with Gasteiger partial charge in [0.15, 0.2) is 11.5 Å². The molecule has 1 saturated heterocycles. The number of anilines is 1. The van der Waals surface area contributed by atoms with Crippen molar-refractivity contribution in [3.8, 4) is 17.2 Å². The van der Waals surface area contributed by atoms with E-state index in [-0.39, 0.29) is 11.9 Å². The molecule has 1 aliphatic carbocycles. The second-order valence-electron chi connectivity index (χ2n) is 6.51. The van der Waals surface area contributed by atoms with Gasteiger partial charge >= 0.3 is 0 Å². The molecule has 6 nitrogen and oxygen atoms in total. The van der Waals surface area contributed by atoms with E-state index in [1.165, 1.54) is 25.7 Å². The van der Waals surface area contributed by atoms with Gasteiger partial charge in [0, 0.05) is 23.9 Å².